The minimum atomic E-state index is 0.768. The molecule has 3 aromatic rings. The summed E-state index contributed by atoms with van der Waals surface area (Å²) >= 11 is 0. The van der Waals surface area contributed by atoms with Gasteiger partial charge in [0.15, 0.2) is 0 Å². The fourth-order valence-corrected chi connectivity index (χ4v) is 1.94. The van der Waals surface area contributed by atoms with E-state index in [1.165, 1.54) is 0 Å². The summed E-state index contributed by atoms with van der Waals surface area (Å²) in [7, 11) is 0. The highest BCUT2D eigenvalue weighted by Crippen LogP contribution is 2.20. The lowest BCUT2D eigenvalue weighted by atomic mass is 10.1. The lowest BCUT2D eigenvalue weighted by molar-refractivity contribution is 1.06. The van der Waals surface area contributed by atoms with E-state index in [4.69, 9.17) is 0 Å². The van der Waals surface area contributed by atoms with Gasteiger partial charge in [0.1, 0.15) is 5.82 Å². The standard InChI is InChI=1S/C16H13N3/c1-12-17-10-9-16(19-12)14-7-8-15(18-11-14)13-5-3-2-4-6-13/h2-11H,1H3. The molecule has 0 bridgehead atoms. The van der Waals surface area contributed by atoms with Crippen molar-refractivity contribution in [3.63, 3.8) is 0 Å². The van der Waals surface area contributed by atoms with Crippen LogP contribution in [0.4, 0.5) is 0 Å². The summed E-state index contributed by atoms with van der Waals surface area (Å²) in [5.41, 5.74) is 3.99. The van der Waals surface area contributed by atoms with Gasteiger partial charge in [0.05, 0.1) is 11.4 Å². The number of hydrogen-bond donors (Lipinski definition) is 0. The number of pyridine rings is 1. The van der Waals surface area contributed by atoms with Crippen molar-refractivity contribution in [3.8, 4) is 22.5 Å². The van der Waals surface area contributed by atoms with Crippen molar-refractivity contribution >= 4 is 0 Å². The normalized spacial score (nSPS) is 10.4. The van der Waals surface area contributed by atoms with Crippen LogP contribution in [0.25, 0.3) is 22.5 Å². The molecule has 0 N–H and O–H groups in total. The summed E-state index contributed by atoms with van der Waals surface area (Å²) in [5, 5.41) is 0. The molecule has 0 amide bonds. The van der Waals surface area contributed by atoms with Gasteiger partial charge in [-0.2, -0.15) is 0 Å². The van der Waals surface area contributed by atoms with Crippen LogP contribution in [-0.2, 0) is 0 Å². The molecule has 92 valence electrons. The van der Waals surface area contributed by atoms with Gasteiger partial charge in [0.25, 0.3) is 0 Å². The molecule has 3 heteroatoms. The van der Waals surface area contributed by atoms with Crippen LogP contribution in [0.15, 0.2) is 60.9 Å². The fraction of sp³-hybridized carbons (Fsp3) is 0.0625. The van der Waals surface area contributed by atoms with Crippen LogP contribution >= 0.6 is 0 Å². The van der Waals surface area contributed by atoms with E-state index in [9.17, 15) is 0 Å². The zero-order valence-corrected chi connectivity index (χ0v) is 10.6. The van der Waals surface area contributed by atoms with Gasteiger partial charge in [0.2, 0.25) is 0 Å². The van der Waals surface area contributed by atoms with E-state index in [-0.39, 0.29) is 0 Å². The second-order valence-corrected chi connectivity index (χ2v) is 4.29. The molecule has 2 aromatic heterocycles. The van der Waals surface area contributed by atoms with Crippen LogP contribution in [0.2, 0.25) is 0 Å². The van der Waals surface area contributed by atoms with Crippen molar-refractivity contribution in [1.82, 2.24) is 15.0 Å². The highest BCUT2D eigenvalue weighted by Gasteiger charge is 2.02. The first kappa shape index (κ1) is 11.5. The predicted molar refractivity (Wildman–Crippen MR) is 75.4 cm³/mol. The van der Waals surface area contributed by atoms with E-state index >= 15 is 0 Å². The van der Waals surface area contributed by atoms with Gasteiger partial charge in [0, 0.05) is 23.5 Å². The SMILES string of the molecule is Cc1nccc(-c2ccc(-c3ccccc3)nc2)n1. The summed E-state index contributed by atoms with van der Waals surface area (Å²) in [5.74, 6) is 0.768. The Balaban J connectivity index is 1.95. The molecule has 0 radical (unpaired) electrons. The van der Waals surface area contributed by atoms with Gasteiger partial charge < -0.3 is 0 Å². The average molecular weight is 247 g/mol. The molecular weight excluding hydrogens is 234 g/mol. The molecule has 0 aliphatic heterocycles. The highest BCUT2D eigenvalue weighted by molar-refractivity contribution is 5.64. The third kappa shape index (κ3) is 2.50. The molecular formula is C16H13N3. The maximum absolute atomic E-state index is 4.49. The molecule has 2 heterocycles. The molecule has 3 rings (SSSR count). The predicted octanol–water partition coefficient (Wildman–Crippen LogP) is 3.51. The lowest BCUT2D eigenvalue weighted by Gasteiger charge is -2.03. The molecule has 0 saturated carbocycles. The van der Waals surface area contributed by atoms with Crippen LogP contribution in [0.1, 0.15) is 5.82 Å². The van der Waals surface area contributed by atoms with E-state index < -0.39 is 0 Å². The first-order valence-electron chi connectivity index (χ1n) is 6.14. The second kappa shape index (κ2) is 4.98. The Morgan fingerprint density at radius 2 is 1.58 bits per heavy atom. The summed E-state index contributed by atoms with van der Waals surface area (Å²) in [6, 6.07) is 16.1. The first-order chi connectivity index (χ1) is 9.33. The molecule has 0 saturated heterocycles. The van der Waals surface area contributed by atoms with Crippen molar-refractivity contribution in [1.29, 1.82) is 0 Å². The lowest BCUT2D eigenvalue weighted by Crippen LogP contribution is -1.91. The third-order valence-corrected chi connectivity index (χ3v) is 2.90. The van der Waals surface area contributed by atoms with Crippen molar-refractivity contribution in [2.75, 3.05) is 0 Å². The van der Waals surface area contributed by atoms with Crippen LogP contribution < -0.4 is 0 Å². The quantitative estimate of drug-likeness (QED) is 0.695. The number of rotatable bonds is 2. The first-order valence-corrected chi connectivity index (χ1v) is 6.14. The van der Waals surface area contributed by atoms with Gasteiger partial charge in [-0.3, -0.25) is 4.98 Å². The monoisotopic (exact) mass is 247 g/mol. The van der Waals surface area contributed by atoms with Gasteiger partial charge in [-0.1, -0.05) is 30.3 Å². The van der Waals surface area contributed by atoms with Gasteiger partial charge in [-0.25, -0.2) is 9.97 Å². The molecule has 0 atom stereocenters. The van der Waals surface area contributed by atoms with E-state index in [1.807, 2.05) is 49.5 Å². The molecule has 0 aliphatic carbocycles. The van der Waals surface area contributed by atoms with E-state index in [1.54, 1.807) is 6.20 Å². The number of hydrogen-bond acceptors (Lipinski definition) is 3. The Hall–Kier alpha value is -2.55. The molecule has 0 aliphatic rings. The molecule has 1 aromatic carbocycles. The number of aromatic nitrogens is 3. The summed E-state index contributed by atoms with van der Waals surface area (Å²) < 4.78 is 0. The van der Waals surface area contributed by atoms with Gasteiger partial charge >= 0.3 is 0 Å². The zero-order chi connectivity index (χ0) is 13.1. The minimum absolute atomic E-state index is 0.768. The topological polar surface area (TPSA) is 38.7 Å². The molecule has 0 unspecified atom stereocenters. The number of aryl methyl sites for hydroxylation is 1. The smallest absolute Gasteiger partial charge is 0.125 e. The van der Waals surface area contributed by atoms with Crippen LogP contribution in [0.5, 0.6) is 0 Å². The molecule has 0 spiro atoms. The number of benzene rings is 1. The van der Waals surface area contributed by atoms with Crippen LogP contribution in [0.3, 0.4) is 0 Å². The fourth-order valence-electron chi connectivity index (χ4n) is 1.94. The maximum Gasteiger partial charge on any atom is 0.125 e. The van der Waals surface area contributed by atoms with Gasteiger partial charge in [-0.05, 0) is 25.1 Å². The Kier molecular flexibility index (Phi) is 3.02. The molecule has 3 nitrogen and oxygen atoms in total. The Bertz CT molecular complexity index is 676. The highest BCUT2D eigenvalue weighted by atomic mass is 14.9. The van der Waals surface area contributed by atoms with Gasteiger partial charge in [-0.15, -0.1) is 0 Å². The largest absolute Gasteiger partial charge is 0.256 e. The maximum atomic E-state index is 4.49. The van der Waals surface area contributed by atoms with Crippen molar-refractivity contribution < 1.29 is 0 Å². The Labute approximate surface area is 112 Å². The van der Waals surface area contributed by atoms with Crippen molar-refractivity contribution in [2.45, 2.75) is 6.92 Å². The van der Waals surface area contributed by atoms with Crippen molar-refractivity contribution in [2.24, 2.45) is 0 Å². The minimum Gasteiger partial charge on any atom is -0.256 e. The average Bonchev–Trinajstić information content (AvgIpc) is 2.48. The number of nitrogens with zero attached hydrogens (tertiary/aromatic N) is 3. The van der Waals surface area contributed by atoms with Crippen LogP contribution in [0, 0.1) is 6.92 Å². The molecule has 19 heavy (non-hydrogen) atoms. The summed E-state index contributed by atoms with van der Waals surface area (Å²) in [6.45, 7) is 1.88. The van der Waals surface area contributed by atoms with Crippen molar-refractivity contribution in [3.05, 3.63) is 66.7 Å². The summed E-state index contributed by atoms with van der Waals surface area (Å²) in [6.07, 6.45) is 3.62. The van der Waals surface area contributed by atoms with E-state index in [2.05, 4.69) is 27.1 Å². The molecule has 0 fully saturated rings. The third-order valence-electron chi connectivity index (χ3n) is 2.90. The van der Waals surface area contributed by atoms with E-state index in [0.29, 0.717) is 0 Å². The second-order valence-electron chi connectivity index (χ2n) is 4.29. The van der Waals surface area contributed by atoms with Crippen LogP contribution in [-0.4, -0.2) is 15.0 Å². The summed E-state index contributed by atoms with van der Waals surface area (Å²) in [4.78, 5) is 13.0. The Morgan fingerprint density at radius 3 is 2.26 bits per heavy atom. The zero-order valence-electron chi connectivity index (χ0n) is 10.6. The van der Waals surface area contributed by atoms with E-state index in [0.717, 1.165) is 28.3 Å². The Morgan fingerprint density at radius 1 is 0.737 bits per heavy atom.